The van der Waals surface area contributed by atoms with Crippen LogP contribution in [-0.2, 0) is 14.3 Å². The van der Waals surface area contributed by atoms with E-state index in [9.17, 15) is 9.59 Å². The molecule has 0 saturated carbocycles. The van der Waals surface area contributed by atoms with Crippen LogP contribution in [0.5, 0.6) is 0 Å². The molecule has 0 bridgehead atoms. The maximum absolute atomic E-state index is 11.4. The van der Waals surface area contributed by atoms with Crippen LogP contribution in [0.2, 0.25) is 0 Å². The fraction of sp³-hybridized carbons (Fsp3) is 0.167. The van der Waals surface area contributed by atoms with E-state index in [1.165, 1.54) is 7.11 Å². The minimum atomic E-state index is -0.562. The molecule has 1 aromatic rings. The van der Waals surface area contributed by atoms with Crippen LogP contribution in [0.25, 0.3) is 6.08 Å². The third-order valence-corrected chi connectivity index (χ3v) is 1.95. The van der Waals surface area contributed by atoms with Crippen LogP contribution in [0.3, 0.4) is 0 Å². The lowest BCUT2D eigenvalue weighted by molar-refractivity contribution is -0.137. The van der Waals surface area contributed by atoms with Gasteiger partial charge in [0.2, 0.25) is 5.91 Å². The molecule has 1 amide bonds. The monoisotopic (exact) mass is 219 g/mol. The van der Waals surface area contributed by atoms with Gasteiger partial charge in [0.25, 0.3) is 0 Å². The molecule has 4 nitrogen and oxygen atoms in total. The maximum Gasteiger partial charge on any atom is 0.334 e. The molecule has 0 aromatic heterocycles. The second-order valence-corrected chi connectivity index (χ2v) is 3.21. The van der Waals surface area contributed by atoms with E-state index in [4.69, 9.17) is 5.73 Å². The Morgan fingerprint density at radius 2 is 1.94 bits per heavy atom. The van der Waals surface area contributed by atoms with Gasteiger partial charge < -0.3 is 10.5 Å². The molecule has 0 spiro atoms. The van der Waals surface area contributed by atoms with Crippen molar-refractivity contribution < 1.29 is 14.3 Å². The van der Waals surface area contributed by atoms with E-state index in [1.807, 2.05) is 30.3 Å². The Morgan fingerprint density at radius 3 is 2.44 bits per heavy atom. The van der Waals surface area contributed by atoms with E-state index < -0.39 is 11.9 Å². The van der Waals surface area contributed by atoms with Crippen molar-refractivity contribution in [2.75, 3.05) is 7.11 Å². The number of hydrogen-bond acceptors (Lipinski definition) is 3. The Kier molecular flexibility index (Phi) is 4.27. The molecule has 16 heavy (non-hydrogen) atoms. The van der Waals surface area contributed by atoms with E-state index in [2.05, 4.69) is 4.74 Å². The average Bonchev–Trinajstić information content (AvgIpc) is 2.28. The lowest BCUT2D eigenvalue weighted by Gasteiger charge is -2.03. The van der Waals surface area contributed by atoms with Crippen molar-refractivity contribution in [3.63, 3.8) is 0 Å². The first-order chi connectivity index (χ1) is 7.63. The third-order valence-electron chi connectivity index (χ3n) is 1.95. The number of carbonyl (C=O) groups excluding carboxylic acids is 2. The highest BCUT2D eigenvalue weighted by molar-refractivity contribution is 5.98. The first kappa shape index (κ1) is 12.0. The predicted molar refractivity (Wildman–Crippen MR) is 60.2 cm³/mol. The first-order valence-electron chi connectivity index (χ1n) is 4.75. The van der Waals surface area contributed by atoms with Gasteiger partial charge in [0.1, 0.15) is 0 Å². The van der Waals surface area contributed by atoms with Gasteiger partial charge in [-0.2, -0.15) is 0 Å². The fourth-order valence-corrected chi connectivity index (χ4v) is 1.25. The summed E-state index contributed by atoms with van der Waals surface area (Å²) in [5.74, 6) is -1.10. The Bertz CT molecular complexity index is 410. The van der Waals surface area contributed by atoms with Crippen molar-refractivity contribution in [1.29, 1.82) is 0 Å². The Labute approximate surface area is 93.7 Å². The van der Waals surface area contributed by atoms with Crippen molar-refractivity contribution in [3.8, 4) is 0 Å². The quantitative estimate of drug-likeness (QED) is 0.609. The van der Waals surface area contributed by atoms with Gasteiger partial charge in [-0.15, -0.1) is 0 Å². The summed E-state index contributed by atoms with van der Waals surface area (Å²) in [6.07, 6.45) is 1.47. The molecule has 0 aliphatic heterocycles. The van der Waals surface area contributed by atoms with Gasteiger partial charge in [0.15, 0.2) is 0 Å². The maximum atomic E-state index is 11.4. The molecule has 0 heterocycles. The normalized spacial score (nSPS) is 10.9. The van der Waals surface area contributed by atoms with Crippen molar-refractivity contribution >= 4 is 18.0 Å². The Hall–Kier alpha value is -2.10. The molecule has 84 valence electrons. The van der Waals surface area contributed by atoms with Gasteiger partial charge in [-0.05, 0) is 11.6 Å². The van der Waals surface area contributed by atoms with Gasteiger partial charge in [-0.3, -0.25) is 4.79 Å². The average molecular weight is 219 g/mol. The second-order valence-electron chi connectivity index (χ2n) is 3.21. The minimum Gasteiger partial charge on any atom is -0.466 e. The molecule has 0 fully saturated rings. The SMILES string of the molecule is COC(=O)/C(=C\c1ccccc1)CC(N)=O. The Balaban J connectivity index is 2.96. The highest BCUT2D eigenvalue weighted by Gasteiger charge is 2.12. The van der Waals surface area contributed by atoms with Crippen molar-refractivity contribution in [2.45, 2.75) is 6.42 Å². The van der Waals surface area contributed by atoms with E-state index in [-0.39, 0.29) is 12.0 Å². The molecular weight excluding hydrogens is 206 g/mol. The topological polar surface area (TPSA) is 69.4 Å². The summed E-state index contributed by atoms with van der Waals surface area (Å²) in [6, 6.07) is 9.19. The van der Waals surface area contributed by atoms with E-state index in [0.29, 0.717) is 0 Å². The molecular formula is C12H13NO3. The molecule has 2 N–H and O–H groups in total. The molecule has 0 aliphatic carbocycles. The van der Waals surface area contributed by atoms with E-state index in [0.717, 1.165) is 5.56 Å². The van der Waals surface area contributed by atoms with Crippen molar-refractivity contribution in [1.82, 2.24) is 0 Å². The number of primary amides is 1. The summed E-state index contributed by atoms with van der Waals surface area (Å²) < 4.78 is 4.57. The van der Waals surface area contributed by atoms with Gasteiger partial charge in [-0.1, -0.05) is 30.3 Å². The van der Waals surface area contributed by atoms with Gasteiger partial charge in [0.05, 0.1) is 13.5 Å². The summed E-state index contributed by atoms with van der Waals surface area (Å²) in [5, 5.41) is 0. The van der Waals surface area contributed by atoms with Crippen LogP contribution in [0.4, 0.5) is 0 Å². The highest BCUT2D eigenvalue weighted by Crippen LogP contribution is 2.10. The zero-order valence-electron chi connectivity index (χ0n) is 8.97. The lowest BCUT2D eigenvalue weighted by Crippen LogP contribution is -2.16. The number of methoxy groups -OCH3 is 1. The summed E-state index contributed by atoms with van der Waals surface area (Å²) in [5.41, 5.74) is 6.13. The molecule has 0 atom stereocenters. The number of amides is 1. The molecule has 0 aliphatic rings. The number of hydrogen-bond donors (Lipinski definition) is 1. The molecule has 0 saturated heterocycles. The van der Waals surface area contributed by atoms with Gasteiger partial charge >= 0.3 is 5.97 Å². The zero-order valence-corrected chi connectivity index (χ0v) is 8.97. The number of esters is 1. The van der Waals surface area contributed by atoms with Crippen molar-refractivity contribution in [2.24, 2.45) is 5.73 Å². The zero-order chi connectivity index (χ0) is 12.0. The first-order valence-corrected chi connectivity index (χ1v) is 4.75. The van der Waals surface area contributed by atoms with Gasteiger partial charge in [0, 0.05) is 5.57 Å². The lowest BCUT2D eigenvalue weighted by atomic mass is 10.1. The Morgan fingerprint density at radius 1 is 1.31 bits per heavy atom. The van der Waals surface area contributed by atoms with Crippen LogP contribution >= 0.6 is 0 Å². The summed E-state index contributed by atoms with van der Waals surface area (Å²) >= 11 is 0. The molecule has 1 aromatic carbocycles. The third kappa shape index (κ3) is 3.57. The van der Waals surface area contributed by atoms with E-state index in [1.54, 1.807) is 6.08 Å². The van der Waals surface area contributed by atoms with Crippen LogP contribution in [0, 0.1) is 0 Å². The van der Waals surface area contributed by atoms with Gasteiger partial charge in [-0.25, -0.2) is 4.79 Å². The van der Waals surface area contributed by atoms with E-state index >= 15 is 0 Å². The van der Waals surface area contributed by atoms with Crippen molar-refractivity contribution in [3.05, 3.63) is 41.5 Å². The molecule has 0 radical (unpaired) electrons. The smallest absolute Gasteiger partial charge is 0.334 e. The molecule has 0 unspecified atom stereocenters. The largest absolute Gasteiger partial charge is 0.466 e. The number of carbonyl (C=O) groups is 2. The van der Waals surface area contributed by atoms with Crippen LogP contribution in [0.1, 0.15) is 12.0 Å². The standard InChI is InChI=1S/C12H13NO3/c1-16-12(15)10(8-11(13)14)7-9-5-3-2-4-6-9/h2-7H,8H2,1H3,(H2,13,14)/b10-7-. The number of benzene rings is 1. The molecule has 1 rings (SSSR count). The summed E-state index contributed by atoms with van der Waals surface area (Å²) in [4.78, 5) is 22.1. The van der Waals surface area contributed by atoms with Crippen LogP contribution in [-0.4, -0.2) is 19.0 Å². The second kappa shape index (κ2) is 5.70. The summed E-state index contributed by atoms with van der Waals surface area (Å²) in [7, 11) is 1.27. The minimum absolute atomic E-state index is 0.123. The fourth-order valence-electron chi connectivity index (χ4n) is 1.25. The predicted octanol–water partition coefficient (Wildman–Crippen LogP) is 1.12. The summed E-state index contributed by atoms with van der Waals surface area (Å²) in [6.45, 7) is 0. The molecule has 4 heteroatoms. The number of ether oxygens (including phenoxy) is 1. The highest BCUT2D eigenvalue weighted by atomic mass is 16.5. The van der Waals surface area contributed by atoms with Crippen LogP contribution < -0.4 is 5.73 Å². The number of nitrogens with two attached hydrogens (primary N) is 1. The van der Waals surface area contributed by atoms with Crippen LogP contribution in [0.15, 0.2) is 35.9 Å². The number of rotatable bonds is 4.